The molecular formula is C14H19N3O4. The molecule has 0 aliphatic carbocycles. The van der Waals surface area contributed by atoms with E-state index in [1.807, 2.05) is 35.2 Å². The van der Waals surface area contributed by atoms with Gasteiger partial charge in [-0.3, -0.25) is 25.1 Å². The average Bonchev–Trinajstić information content (AvgIpc) is 2.40. The number of piperidine rings is 1. The molecule has 0 radical (unpaired) electrons. The summed E-state index contributed by atoms with van der Waals surface area (Å²) in [4.78, 5) is 23.6. The van der Waals surface area contributed by atoms with Crippen LogP contribution in [0.1, 0.15) is 19.4 Å². The molecule has 7 nitrogen and oxygen atoms in total. The van der Waals surface area contributed by atoms with E-state index in [-0.39, 0.29) is 22.9 Å². The molecular weight excluding hydrogens is 274 g/mol. The molecule has 1 saturated heterocycles. The normalized spacial score (nSPS) is 25.4. The summed E-state index contributed by atoms with van der Waals surface area (Å²) >= 11 is 0. The van der Waals surface area contributed by atoms with Crippen LogP contribution in [-0.2, 0) is 6.54 Å². The van der Waals surface area contributed by atoms with E-state index in [1.54, 1.807) is 13.8 Å². The van der Waals surface area contributed by atoms with E-state index < -0.39 is 17.5 Å². The topological polar surface area (TPSA) is 89.5 Å². The highest BCUT2D eigenvalue weighted by Gasteiger charge is 2.56. The quantitative estimate of drug-likeness (QED) is 0.624. The van der Waals surface area contributed by atoms with Crippen LogP contribution in [0.15, 0.2) is 30.3 Å². The van der Waals surface area contributed by atoms with Gasteiger partial charge < -0.3 is 0 Å². The molecule has 2 atom stereocenters. The van der Waals surface area contributed by atoms with Gasteiger partial charge in [0.15, 0.2) is 0 Å². The number of likely N-dealkylation sites (tertiary alicyclic amines) is 1. The van der Waals surface area contributed by atoms with Crippen LogP contribution >= 0.6 is 0 Å². The predicted octanol–water partition coefficient (Wildman–Crippen LogP) is 1.82. The molecule has 2 rings (SSSR count). The summed E-state index contributed by atoms with van der Waals surface area (Å²) in [5.74, 6) is 0. The minimum atomic E-state index is -0.958. The molecule has 1 heterocycles. The Hall–Kier alpha value is -2.02. The smallest absolute Gasteiger partial charge is 0.237 e. The number of hydrogen-bond donors (Lipinski definition) is 0. The molecule has 0 bridgehead atoms. The second-order valence-electron chi connectivity index (χ2n) is 6.10. The van der Waals surface area contributed by atoms with Crippen molar-refractivity contribution in [3.05, 3.63) is 56.1 Å². The maximum Gasteiger partial charge on any atom is 0.237 e. The van der Waals surface area contributed by atoms with Gasteiger partial charge in [-0.2, -0.15) is 0 Å². The summed E-state index contributed by atoms with van der Waals surface area (Å²) in [6.07, 6.45) is 0. The fourth-order valence-electron chi connectivity index (χ4n) is 2.90. The fraction of sp³-hybridized carbons (Fsp3) is 0.571. The zero-order chi connectivity index (χ0) is 15.6. The molecule has 21 heavy (non-hydrogen) atoms. The molecule has 7 heteroatoms. The summed E-state index contributed by atoms with van der Waals surface area (Å²) in [5.41, 5.74) is 0.0432. The summed E-state index contributed by atoms with van der Waals surface area (Å²) in [6, 6.07) is 7.63. The Balaban J connectivity index is 2.22. The maximum absolute atomic E-state index is 11.3. The Labute approximate surface area is 122 Å². The van der Waals surface area contributed by atoms with E-state index in [1.165, 1.54) is 0 Å². The highest BCUT2D eigenvalue weighted by molar-refractivity contribution is 5.14. The summed E-state index contributed by atoms with van der Waals surface area (Å²) in [6.45, 7) is 4.20. The molecule has 1 aromatic rings. The molecule has 0 spiro atoms. The minimum Gasteiger partial charge on any atom is -0.286 e. The largest absolute Gasteiger partial charge is 0.286 e. The van der Waals surface area contributed by atoms with Crippen LogP contribution < -0.4 is 0 Å². The minimum absolute atomic E-state index is 0.235. The van der Waals surface area contributed by atoms with Gasteiger partial charge in [-0.05, 0) is 19.4 Å². The van der Waals surface area contributed by atoms with Crippen LogP contribution in [0.2, 0.25) is 0 Å². The molecule has 1 aromatic carbocycles. The Kier molecular flexibility index (Phi) is 4.22. The lowest BCUT2D eigenvalue weighted by molar-refractivity contribution is -0.599. The predicted molar refractivity (Wildman–Crippen MR) is 77.1 cm³/mol. The van der Waals surface area contributed by atoms with E-state index in [9.17, 15) is 20.2 Å². The van der Waals surface area contributed by atoms with Crippen LogP contribution in [0.5, 0.6) is 0 Å². The number of hydrogen-bond acceptors (Lipinski definition) is 5. The summed E-state index contributed by atoms with van der Waals surface area (Å²) < 4.78 is 0. The van der Waals surface area contributed by atoms with Gasteiger partial charge in [-0.1, -0.05) is 30.3 Å². The SMILES string of the molecule is CC1(C)C([N+](=O)[O-])CN(Cc2ccccc2)CC1[N+](=O)[O-]. The van der Waals surface area contributed by atoms with Crippen molar-refractivity contribution in [3.8, 4) is 0 Å². The molecule has 114 valence electrons. The van der Waals surface area contributed by atoms with E-state index in [0.717, 1.165) is 5.56 Å². The maximum atomic E-state index is 11.3. The van der Waals surface area contributed by atoms with Gasteiger partial charge in [0.2, 0.25) is 12.1 Å². The Morgan fingerprint density at radius 1 is 1.10 bits per heavy atom. The lowest BCUT2D eigenvalue weighted by Gasteiger charge is -2.40. The number of nitrogens with zero attached hydrogens (tertiary/aromatic N) is 3. The Bertz CT molecular complexity index is 506. The molecule has 0 amide bonds. The van der Waals surface area contributed by atoms with Crippen LogP contribution in [0.4, 0.5) is 0 Å². The van der Waals surface area contributed by atoms with Crippen molar-refractivity contribution >= 4 is 0 Å². The van der Waals surface area contributed by atoms with Crippen molar-refractivity contribution in [2.45, 2.75) is 32.5 Å². The van der Waals surface area contributed by atoms with Gasteiger partial charge in [0, 0.05) is 16.4 Å². The highest BCUT2D eigenvalue weighted by Crippen LogP contribution is 2.34. The van der Waals surface area contributed by atoms with Crippen molar-refractivity contribution in [1.29, 1.82) is 0 Å². The zero-order valence-electron chi connectivity index (χ0n) is 12.1. The number of nitro groups is 2. The van der Waals surface area contributed by atoms with E-state index >= 15 is 0 Å². The first-order valence-corrected chi connectivity index (χ1v) is 6.85. The van der Waals surface area contributed by atoms with Crippen molar-refractivity contribution in [2.75, 3.05) is 13.1 Å². The van der Waals surface area contributed by atoms with E-state index in [2.05, 4.69) is 0 Å². The molecule has 0 saturated carbocycles. The lowest BCUT2D eigenvalue weighted by Crippen LogP contribution is -2.61. The molecule has 0 N–H and O–H groups in total. The fourth-order valence-corrected chi connectivity index (χ4v) is 2.90. The van der Waals surface area contributed by atoms with Gasteiger partial charge in [0.25, 0.3) is 0 Å². The molecule has 1 aliphatic heterocycles. The molecule has 1 fully saturated rings. The third kappa shape index (κ3) is 3.18. The van der Waals surface area contributed by atoms with Crippen molar-refractivity contribution in [1.82, 2.24) is 4.90 Å². The third-order valence-electron chi connectivity index (χ3n) is 4.34. The second kappa shape index (κ2) is 5.77. The highest BCUT2D eigenvalue weighted by atomic mass is 16.6. The van der Waals surface area contributed by atoms with Crippen molar-refractivity contribution < 1.29 is 9.85 Å². The van der Waals surface area contributed by atoms with Crippen LogP contribution in [0.3, 0.4) is 0 Å². The number of rotatable bonds is 4. The lowest BCUT2D eigenvalue weighted by atomic mass is 9.74. The van der Waals surface area contributed by atoms with Crippen LogP contribution in [-0.4, -0.2) is 39.9 Å². The summed E-state index contributed by atoms with van der Waals surface area (Å²) in [5, 5.41) is 22.6. The number of benzene rings is 1. The van der Waals surface area contributed by atoms with E-state index in [0.29, 0.717) is 6.54 Å². The Morgan fingerprint density at radius 2 is 1.57 bits per heavy atom. The first-order chi connectivity index (χ1) is 9.82. The monoisotopic (exact) mass is 293 g/mol. The first kappa shape index (κ1) is 15.4. The van der Waals surface area contributed by atoms with Crippen LogP contribution in [0, 0.1) is 25.6 Å². The zero-order valence-corrected chi connectivity index (χ0v) is 12.1. The van der Waals surface area contributed by atoms with Gasteiger partial charge in [0.1, 0.15) is 5.41 Å². The molecule has 2 unspecified atom stereocenters. The van der Waals surface area contributed by atoms with Crippen LogP contribution in [0.25, 0.3) is 0 Å². The Morgan fingerprint density at radius 3 is 2.00 bits per heavy atom. The molecule has 1 aliphatic rings. The average molecular weight is 293 g/mol. The van der Waals surface area contributed by atoms with E-state index in [4.69, 9.17) is 0 Å². The van der Waals surface area contributed by atoms with Gasteiger partial charge in [-0.25, -0.2) is 0 Å². The van der Waals surface area contributed by atoms with Gasteiger partial charge in [0.05, 0.1) is 13.1 Å². The van der Waals surface area contributed by atoms with Crippen molar-refractivity contribution in [3.63, 3.8) is 0 Å². The molecule has 0 aromatic heterocycles. The van der Waals surface area contributed by atoms with Crippen molar-refractivity contribution in [2.24, 2.45) is 5.41 Å². The first-order valence-electron chi connectivity index (χ1n) is 6.85. The van der Waals surface area contributed by atoms with Gasteiger partial charge in [-0.15, -0.1) is 0 Å². The second-order valence-corrected chi connectivity index (χ2v) is 6.10. The third-order valence-corrected chi connectivity index (χ3v) is 4.34. The van der Waals surface area contributed by atoms with Gasteiger partial charge >= 0.3 is 0 Å². The standard InChI is InChI=1S/C14H19N3O4/c1-14(2)12(16(18)19)9-15(10-13(14)17(20)21)8-11-6-4-3-5-7-11/h3-7,12-13H,8-10H2,1-2H3. The summed E-state index contributed by atoms with van der Waals surface area (Å²) in [7, 11) is 0.